The van der Waals surface area contributed by atoms with Gasteiger partial charge >= 0.3 is 12.0 Å². The number of benzene rings is 2. The molecule has 0 bridgehead atoms. The number of nitrogens with one attached hydrogen (secondary N) is 2. The molecule has 2 aliphatic rings. The van der Waals surface area contributed by atoms with Crippen molar-refractivity contribution in [2.45, 2.75) is 37.2 Å². The van der Waals surface area contributed by atoms with Crippen LogP contribution in [0.1, 0.15) is 31.0 Å². The first-order chi connectivity index (χ1) is 15.7. The molecule has 10 heteroatoms. The second-order valence-electron chi connectivity index (χ2n) is 8.07. The fraction of sp³-hybridized carbons (Fsp3) is 0.304. The standard InChI is InChI=1S/C23H26N4O5S/c1-3-32-22(28)20-18(25-23(29)26-21(20)15-7-5-4-6-8-15)13-27-14(2)11-16-12-17(33(24,30)31)9-10-19(16)27/h4-10,12,14,21H,3,11,13H2,1-2H3,(H2,24,30,31)(H2,25,26,29). The number of urea groups is 1. The first-order valence-electron chi connectivity index (χ1n) is 10.6. The molecule has 0 aliphatic carbocycles. The fourth-order valence-electron chi connectivity index (χ4n) is 4.35. The van der Waals surface area contributed by atoms with E-state index in [-0.39, 0.29) is 24.1 Å². The molecule has 9 nitrogen and oxygen atoms in total. The largest absolute Gasteiger partial charge is 0.463 e. The van der Waals surface area contributed by atoms with Crippen LogP contribution < -0.4 is 20.7 Å². The van der Waals surface area contributed by atoms with Gasteiger partial charge in [-0.05, 0) is 49.6 Å². The van der Waals surface area contributed by atoms with E-state index < -0.39 is 28.1 Å². The van der Waals surface area contributed by atoms with Gasteiger partial charge in [-0.2, -0.15) is 0 Å². The van der Waals surface area contributed by atoms with Crippen LogP contribution in [0.2, 0.25) is 0 Å². The highest BCUT2D eigenvalue weighted by atomic mass is 32.2. The van der Waals surface area contributed by atoms with Gasteiger partial charge in [0.2, 0.25) is 10.0 Å². The molecule has 33 heavy (non-hydrogen) atoms. The van der Waals surface area contributed by atoms with E-state index in [1.54, 1.807) is 19.1 Å². The Morgan fingerprint density at radius 3 is 2.61 bits per heavy atom. The van der Waals surface area contributed by atoms with Crippen molar-refractivity contribution in [2.75, 3.05) is 18.1 Å². The molecular formula is C23H26N4O5S. The van der Waals surface area contributed by atoms with Gasteiger partial charge in [0.05, 0.1) is 35.4 Å². The molecule has 2 unspecified atom stereocenters. The number of ether oxygens (including phenoxy) is 1. The number of carbonyl (C=O) groups excluding carboxylic acids is 2. The van der Waals surface area contributed by atoms with Gasteiger partial charge in [0.15, 0.2) is 0 Å². The molecule has 2 heterocycles. The summed E-state index contributed by atoms with van der Waals surface area (Å²) >= 11 is 0. The average Bonchev–Trinajstić information content (AvgIpc) is 3.08. The van der Waals surface area contributed by atoms with E-state index in [2.05, 4.69) is 10.6 Å². The minimum absolute atomic E-state index is 0.00800. The summed E-state index contributed by atoms with van der Waals surface area (Å²) in [6, 6.07) is 12.9. The van der Waals surface area contributed by atoms with Crippen LogP contribution in [-0.4, -0.2) is 39.6 Å². The maximum absolute atomic E-state index is 13.0. The predicted octanol–water partition coefficient (Wildman–Crippen LogP) is 1.96. The number of carbonyl (C=O) groups is 2. The maximum atomic E-state index is 13.0. The Bertz CT molecular complexity index is 1230. The van der Waals surface area contributed by atoms with Gasteiger partial charge in [-0.25, -0.2) is 23.1 Å². The minimum Gasteiger partial charge on any atom is -0.463 e. The molecular weight excluding hydrogens is 444 g/mol. The lowest BCUT2D eigenvalue weighted by molar-refractivity contribution is -0.139. The van der Waals surface area contributed by atoms with Crippen molar-refractivity contribution in [3.63, 3.8) is 0 Å². The van der Waals surface area contributed by atoms with E-state index in [4.69, 9.17) is 9.88 Å². The lowest BCUT2D eigenvalue weighted by atomic mass is 9.95. The number of hydrogen-bond donors (Lipinski definition) is 3. The lowest BCUT2D eigenvalue weighted by Crippen LogP contribution is -2.49. The van der Waals surface area contributed by atoms with Crippen LogP contribution in [0.25, 0.3) is 0 Å². The van der Waals surface area contributed by atoms with Crippen LogP contribution in [-0.2, 0) is 26.0 Å². The Morgan fingerprint density at radius 2 is 1.94 bits per heavy atom. The number of nitrogens with two attached hydrogens (primary N) is 1. The van der Waals surface area contributed by atoms with Crippen molar-refractivity contribution in [1.29, 1.82) is 0 Å². The molecule has 174 valence electrons. The molecule has 0 radical (unpaired) electrons. The Hall–Kier alpha value is -3.37. The smallest absolute Gasteiger partial charge is 0.338 e. The summed E-state index contributed by atoms with van der Waals surface area (Å²) in [7, 11) is -3.81. The van der Waals surface area contributed by atoms with Crippen molar-refractivity contribution in [2.24, 2.45) is 5.14 Å². The number of nitrogens with zero attached hydrogens (tertiary/aromatic N) is 1. The van der Waals surface area contributed by atoms with Crippen molar-refractivity contribution in [3.8, 4) is 0 Å². The van der Waals surface area contributed by atoms with Crippen molar-refractivity contribution >= 4 is 27.7 Å². The summed E-state index contributed by atoms with van der Waals surface area (Å²) in [5.74, 6) is -0.509. The fourth-order valence-corrected chi connectivity index (χ4v) is 4.91. The molecule has 4 rings (SSSR count). The quantitative estimate of drug-likeness (QED) is 0.553. The molecule has 0 saturated carbocycles. The summed E-state index contributed by atoms with van der Waals surface area (Å²) in [6.07, 6.45) is 0.606. The second kappa shape index (κ2) is 8.87. The molecule has 0 aromatic heterocycles. The Kier molecular flexibility index (Phi) is 6.13. The molecule has 4 N–H and O–H groups in total. The van der Waals surface area contributed by atoms with Crippen LogP contribution in [0, 0.1) is 0 Å². The van der Waals surface area contributed by atoms with E-state index >= 15 is 0 Å². The van der Waals surface area contributed by atoms with Gasteiger partial charge in [-0.1, -0.05) is 30.3 Å². The first-order valence-corrected chi connectivity index (χ1v) is 12.2. The van der Waals surface area contributed by atoms with Gasteiger partial charge < -0.3 is 20.3 Å². The van der Waals surface area contributed by atoms with Gasteiger partial charge in [0.25, 0.3) is 0 Å². The summed E-state index contributed by atoms with van der Waals surface area (Å²) < 4.78 is 28.8. The van der Waals surface area contributed by atoms with Crippen LogP contribution >= 0.6 is 0 Å². The van der Waals surface area contributed by atoms with E-state index in [9.17, 15) is 18.0 Å². The van der Waals surface area contributed by atoms with E-state index in [1.165, 1.54) is 6.07 Å². The zero-order valence-corrected chi connectivity index (χ0v) is 19.2. The molecule has 0 saturated heterocycles. The van der Waals surface area contributed by atoms with Crippen molar-refractivity contribution < 1.29 is 22.7 Å². The van der Waals surface area contributed by atoms with Crippen molar-refractivity contribution in [3.05, 3.63) is 70.9 Å². The van der Waals surface area contributed by atoms with Crippen LogP contribution in [0.5, 0.6) is 0 Å². The summed E-state index contributed by atoms with van der Waals surface area (Å²) in [5, 5.41) is 10.9. The molecule has 0 spiro atoms. The number of fused-ring (bicyclic) bond motifs is 1. The number of primary sulfonamides is 1. The molecule has 2 amide bonds. The van der Waals surface area contributed by atoms with Gasteiger partial charge in [-0.15, -0.1) is 0 Å². The highest BCUT2D eigenvalue weighted by Gasteiger charge is 2.36. The monoisotopic (exact) mass is 470 g/mol. The Morgan fingerprint density at radius 1 is 1.21 bits per heavy atom. The average molecular weight is 471 g/mol. The van der Waals surface area contributed by atoms with Crippen molar-refractivity contribution in [1.82, 2.24) is 10.6 Å². The molecule has 2 aromatic carbocycles. The molecule has 0 fully saturated rings. The van der Waals surface area contributed by atoms with E-state index in [0.717, 1.165) is 16.8 Å². The highest BCUT2D eigenvalue weighted by molar-refractivity contribution is 7.89. The van der Waals surface area contributed by atoms with E-state index in [1.807, 2.05) is 42.2 Å². The zero-order valence-electron chi connectivity index (χ0n) is 18.4. The number of hydrogen-bond acceptors (Lipinski definition) is 6. The zero-order chi connectivity index (χ0) is 23.8. The number of rotatable bonds is 6. The third-order valence-electron chi connectivity index (χ3n) is 5.85. The normalized spacial score (nSPS) is 20.2. The van der Waals surface area contributed by atoms with Gasteiger partial charge in [0.1, 0.15) is 0 Å². The van der Waals surface area contributed by atoms with E-state index in [0.29, 0.717) is 17.7 Å². The molecule has 2 aliphatic heterocycles. The topological polar surface area (TPSA) is 131 Å². The summed E-state index contributed by atoms with van der Waals surface area (Å²) in [5.41, 5.74) is 3.22. The number of sulfonamides is 1. The second-order valence-corrected chi connectivity index (χ2v) is 9.63. The lowest BCUT2D eigenvalue weighted by Gasteiger charge is -2.33. The van der Waals surface area contributed by atoms with Gasteiger partial charge in [-0.3, -0.25) is 0 Å². The third kappa shape index (κ3) is 4.57. The molecule has 2 aromatic rings. The Labute approximate surface area is 192 Å². The van der Waals surface area contributed by atoms with Gasteiger partial charge in [0, 0.05) is 11.7 Å². The maximum Gasteiger partial charge on any atom is 0.338 e. The van der Waals surface area contributed by atoms with Crippen LogP contribution in [0.3, 0.4) is 0 Å². The minimum atomic E-state index is -3.81. The number of amides is 2. The SMILES string of the molecule is CCOC(=O)C1=C(CN2c3ccc(S(N)(=O)=O)cc3CC2C)NC(=O)NC1c1ccccc1. The first kappa shape index (κ1) is 22.8. The molecule has 2 atom stereocenters. The predicted molar refractivity (Wildman–Crippen MR) is 123 cm³/mol. The highest BCUT2D eigenvalue weighted by Crippen LogP contribution is 2.36. The summed E-state index contributed by atoms with van der Waals surface area (Å²) in [6.45, 7) is 4.17. The van der Waals surface area contributed by atoms with Crippen LogP contribution in [0.15, 0.2) is 64.7 Å². The number of anilines is 1. The summed E-state index contributed by atoms with van der Waals surface area (Å²) in [4.78, 5) is 27.6. The number of esters is 1. The van der Waals surface area contributed by atoms with Crippen LogP contribution in [0.4, 0.5) is 10.5 Å². The third-order valence-corrected chi connectivity index (χ3v) is 6.76. The Balaban J connectivity index is 1.76.